The molecule has 0 unspecified atom stereocenters. The van der Waals surface area contributed by atoms with Crippen LogP contribution in [0.4, 0.5) is 14.5 Å². The molecule has 0 amide bonds. The van der Waals surface area contributed by atoms with Gasteiger partial charge in [0.2, 0.25) is 0 Å². The van der Waals surface area contributed by atoms with Crippen LogP contribution >= 0.6 is 0 Å². The molecule has 0 fully saturated rings. The molecule has 0 aliphatic heterocycles. The maximum absolute atomic E-state index is 13.4. The molecule has 0 bridgehead atoms. The third-order valence-electron chi connectivity index (χ3n) is 3.77. The molecular weight excluding hydrogens is 322 g/mol. The Bertz CT molecular complexity index is 1070. The lowest BCUT2D eigenvalue weighted by Crippen LogP contribution is -1.83. The van der Waals surface area contributed by atoms with Gasteiger partial charge in [0.1, 0.15) is 17.3 Å². The summed E-state index contributed by atoms with van der Waals surface area (Å²) in [6, 6.07) is 9.33. The summed E-state index contributed by atoms with van der Waals surface area (Å²) in [7, 11) is 0. The molecule has 0 saturated heterocycles. The van der Waals surface area contributed by atoms with E-state index in [4.69, 9.17) is 0 Å². The molecule has 122 valence electrons. The number of benzene rings is 1. The normalized spacial score (nSPS) is 11.4. The number of halogens is 2. The van der Waals surface area contributed by atoms with Crippen LogP contribution in [0.5, 0.6) is 0 Å². The van der Waals surface area contributed by atoms with Gasteiger partial charge in [-0.05, 0) is 29.8 Å². The van der Waals surface area contributed by atoms with Gasteiger partial charge in [-0.2, -0.15) is 0 Å². The highest BCUT2D eigenvalue weighted by Gasteiger charge is 2.09. The van der Waals surface area contributed by atoms with Gasteiger partial charge in [-0.1, -0.05) is 12.1 Å². The topological polar surface area (TPSA) is 53.9 Å². The summed E-state index contributed by atoms with van der Waals surface area (Å²) < 4.78 is 26.4. The Morgan fingerprint density at radius 1 is 0.960 bits per heavy atom. The van der Waals surface area contributed by atoms with Crippen LogP contribution in [-0.4, -0.2) is 21.2 Å². The second-order valence-electron chi connectivity index (χ2n) is 5.49. The van der Waals surface area contributed by atoms with Gasteiger partial charge in [-0.3, -0.25) is 9.98 Å². The van der Waals surface area contributed by atoms with Gasteiger partial charge in [0.15, 0.2) is 0 Å². The van der Waals surface area contributed by atoms with Crippen molar-refractivity contribution in [1.82, 2.24) is 15.0 Å². The van der Waals surface area contributed by atoms with E-state index in [0.717, 1.165) is 22.7 Å². The maximum Gasteiger partial charge on any atom is 0.142 e. The summed E-state index contributed by atoms with van der Waals surface area (Å²) in [5.41, 5.74) is 3.56. The molecular formula is C19H12F2N4. The fourth-order valence-corrected chi connectivity index (χ4v) is 2.56. The molecule has 4 aromatic rings. The fourth-order valence-electron chi connectivity index (χ4n) is 2.56. The van der Waals surface area contributed by atoms with Gasteiger partial charge in [-0.15, -0.1) is 0 Å². The molecule has 25 heavy (non-hydrogen) atoms. The second kappa shape index (κ2) is 6.24. The standard InChI is InChI=1S/C19H12F2N4/c20-14-3-1-12(2-4-14)7-23-16-6-17-18(11-25-19(17)24-10-16)13-5-15(21)9-22-8-13/h1-11H,(H,24,25). The third-order valence-corrected chi connectivity index (χ3v) is 3.77. The van der Waals surface area contributed by atoms with E-state index in [1.54, 1.807) is 36.9 Å². The molecule has 0 saturated carbocycles. The maximum atomic E-state index is 13.4. The average molecular weight is 334 g/mol. The van der Waals surface area contributed by atoms with Gasteiger partial charge >= 0.3 is 0 Å². The largest absolute Gasteiger partial charge is 0.346 e. The van der Waals surface area contributed by atoms with Crippen molar-refractivity contribution in [3.05, 3.63) is 78.4 Å². The highest BCUT2D eigenvalue weighted by Crippen LogP contribution is 2.29. The van der Waals surface area contributed by atoms with E-state index in [1.807, 2.05) is 6.07 Å². The van der Waals surface area contributed by atoms with E-state index < -0.39 is 5.82 Å². The van der Waals surface area contributed by atoms with Crippen molar-refractivity contribution in [2.24, 2.45) is 4.99 Å². The van der Waals surface area contributed by atoms with Crippen molar-refractivity contribution in [2.75, 3.05) is 0 Å². The van der Waals surface area contributed by atoms with Crippen LogP contribution in [0.25, 0.3) is 22.2 Å². The monoisotopic (exact) mass is 334 g/mol. The second-order valence-corrected chi connectivity index (χ2v) is 5.49. The molecule has 1 N–H and O–H groups in total. The van der Waals surface area contributed by atoms with E-state index in [2.05, 4.69) is 19.9 Å². The number of rotatable bonds is 3. The zero-order valence-electron chi connectivity index (χ0n) is 12.9. The van der Waals surface area contributed by atoms with E-state index in [0.29, 0.717) is 16.9 Å². The van der Waals surface area contributed by atoms with E-state index in [9.17, 15) is 8.78 Å². The number of pyridine rings is 2. The molecule has 0 atom stereocenters. The minimum atomic E-state index is -0.398. The molecule has 4 nitrogen and oxygen atoms in total. The van der Waals surface area contributed by atoms with Gasteiger partial charge in [0.05, 0.1) is 18.1 Å². The minimum Gasteiger partial charge on any atom is -0.346 e. The number of H-pyrrole nitrogens is 1. The summed E-state index contributed by atoms with van der Waals surface area (Å²) in [4.78, 5) is 15.6. The predicted octanol–water partition coefficient (Wildman–Crippen LogP) is 4.65. The van der Waals surface area contributed by atoms with Gasteiger partial charge in [-0.25, -0.2) is 13.8 Å². The molecule has 4 rings (SSSR count). The lowest BCUT2D eigenvalue weighted by molar-refractivity contribution is 0.622. The van der Waals surface area contributed by atoms with Crippen LogP contribution in [0, 0.1) is 11.6 Å². The Kier molecular flexibility index (Phi) is 3.78. The molecule has 0 aliphatic rings. The van der Waals surface area contributed by atoms with Crippen molar-refractivity contribution < 1.29 is 8.78 Å². The quantitative estimate of drug-likeness (QED) is 0.554. The zero-order chi connectivity index (χ0) is 17.2. The predicted molar refractivity (Wildman–Crippen MR) is 92.9 cm³/mol. The molecule has 3 heterocycles. The van der Waals surface area contributed by atoms with Crippen LogP contribution in [0.3, 0.4) is 0 Å². The first-order valence-corrected chi connectivity index (χ1v) is 7.57. The fraction of sp³-hybridized carbons (Fsp3) is 0. The summed E-state index contributed by atoms with van der Waals surface area (Å²) >= 11 is 0. The van der Waals surface area contributed by atoms with Crippen LogP contribution in [0.2, 0.25) is 0 Å². The van der Waals surface area contributed by atoms with Crippen molar-refractivity contribution in [3.63, 3.8) is 0 Å². The average Bonchev–Trinajstić information content (AvgIpc) is 3.04. The number of hydrogen-bond acceptors (Lipinski definition) is 3. The molecule has 0 aliphatic carbocycles. The Morgan fingerprint density at radius 3 is 2.60 bits per heavy atom. The SMILES string of the molecule is Fc1ccc(C=Nc2cnc3[nH]cc(-c4cncc(F)c4)c3c2)cc1. The minimum absolute atomic E-state index is 0.291. The van der Waals surface area contributed by atoms with Crippen LogP contribution in [-0.2, 0) is 0 Å². The Morgan fingerprint density at radius 2 is 1.80 bits per heavy atom. The third kappa shape index (κ3) is 3.14. The first-order valence-electron chi connectivity index (χ1n) is 7.57. The number of fused-ring (bicyclic) bond motifs is 1. The van der Waals surface area contributed by atoms with Gasteiger partial charge in [0, 0.05) is 35.1 Å². The Balaban J connectivity index is 1.72. The first kappa shape index (κ1) is 15.1. The lowest BCUT2D eigenvalue weighted by atomic mass is 10.1. The number of aromatic amines is 1. The lowest BCUT2D eigenvalue weighted by Gasteiger charge is -2.00. The number of aliphatic imine (C=N–C) groups is 1. The molecule has 6 heteroatoms. The van der Waals surface area contributed by atoms with E-state index in [-0.39, 0.29) is 5.82 Å². The summed E-state index contributed by atoms with van der Waals surface area (Å²) in [6.07, 6.45) is 7.79. The smallest absolute Gasteiger partial charge is 0.142 e. The molecule has 0 radical (unpaired) electrons. The number of nitrogens with zero attached hydrogens (tertiary/aromatic N) is 3. The first-order chi connectivity index (χ1) is 12.2. The zero-order valence-corrected chi connectivity index (χ0v) is 12.9. The highest BCUT2D eigenvalue weighted by molar-refractivity contribution is 5.95. The van der Waals surface area contributed by atoms with Gasteiger partial charge < -0.3 is 4.98 Å². The van der Waals surface area contributed by atoms with E-state index in [1.165, 1.54) is 18.2 Å². The van der Waals surface area contributed by atoms with Crippen LogP contribution in [0.15, 0.2) is 66.2 Å². The van der Waals surface area contributed by atoms with Crippen molar-refractivity contribution in [3.8, 4) is 11.1 Å². The molecule has 0 spiro atoms. The van der Waals surface area contributed by atoms with E-state index >= 15 is 0 Å². The summed E-state index contributed by atoms with van der Waals surface area (Å²) in [5.74, 6) is -0.689. The van der Waals surface area contributed by atoms with Crippen molar-refractivity contribution in [1.29, 1.82) is 0 Å². The van der Waals surface area contributed by atoms with Crippen LogP contribution in [0.1, 0.15) is 5.56 Å². The Labute approximate surface area is 141 Å². The number of hydrogen-bond donors (Lipinski definition) is 1. The van der Waals surface area contributed by atoms with Crippen LogP contribution < -0.4 is 0 Å². The van der Waals surface area contributed by atoms with Crippen molar-refractivity contribution in [2.45, 2.75) is 0 Å². The molecule has 1 aromatic carbocycles. The number of aromatic nitrogens is 3. The number of nitrogens with one attached hydrogen (secondary N) is 1. The summed E-state index contributed by atoms with van der Waals surface area (Å²) in [6.45, 7) is 0. The van der Waals surface area contributed by atoms with Crippen molar-refractivity contribution >= 4 is 22.9 Å². The summed E-state index contributed by atoms with van der Waals surface area (Å²) in [5, 5.41) is 0.821. The molecule has 3 aromatic heterocycles. The van der Waals surface area contributed by atoms with Gasteiger partial charge in [0.25, 0.3) is 0 Å². The Hall–Kier alpha value is -3.41. The highest BCUT2D eigenvalue weighted by atomic mass is 19.1.